The number of hydrogen-bond acceptors (Lipinski definition) is 0. The van der Waals surface area contributed by atoms with E-state index < -0.39 is 0 Å². The normalized spacial score (nSPS) is 13.1. The number of hydrogen-bond donors (Lipinski definition) is 0. The van der Waals surface area contributed by atoms with E-state index in [1.165, 1.54) is 5.31 Å². The molecule has 0 radical (unpaired) electrons. The first-order valence-corrected chi connectivity index (χ1v) is 4.18. The van der Waals surface area contributed by atoms with Crippen molar-refractivity contribution in [3.63, 3.8) is 0 Å². The number of rotatable bonds is 2. The summed E-state index contributed by atoms with van der Waals surface area (Å²) in [5, 5.41) is 1.43. The second kappa shape index (κ2) is 3.86. The van der Waals surface area contributed by atoms with E-state index in [0.717, 1.165) is 14.2 Å². The Morgan fingerprint density at radius 2 is 2.00 bits per heavy atom. The summed E-state index contributed by atoms with van der Waals surface area (Å²) in [7, 11) is 0.925. The molecule has 0 heterocycles. The monoisotopic (exact) mass is 128 g/mol. The van der Waals surface area contributed by atoms with Gasteiger partial charge in [-0.2, -0.15) is 0 Å². The van der Waals surface area contributed by atoms with Gasteiger partial charge < -0.3 is 0 Å². The topological polar surface area (TPSA) is 0 Å². The first kappa shape index (κ1) is 7.91. The van der Waals surface area contributed by atoms with Crippen LogP contribution in [-0.4, -0.2) is 6.66 Å². The second-order valence-corrected chi connectivity index (χ2v) is 3.21. The zero-order valence-corrected chi connectivity index (χ0v) is 6.78. The molecule has 0 spiro atoms. The highest BCUT2D eigenvalue weighted by molar-refractivity contribution is 7.42. The Labute approximate surface area is 53.5 Å². The molecule has 0 saturated carbocycles. The molecule has 0 saturated heterocycles. The Bertz CT molecular complexity index is 112. The third kappa shape index (κ3) is 4.08. The van der Waals surface area contributed by atoms with Gasteiger partial charge in [-0.25, -0.2) is 0 Å². The van der Waals surface area contributed by atoms with Gasteiger partial charge in [-0.15, -0.1) is 0 Å². The van der Waals surface area contributed by atoms with E-state index >= 15 is 0 Å². The molecule has 0 aromatic carbocycles. The lowest BCUT2D eigenvalue weighted by atomic mass is 10.3. The van der Waals surface area contributed by atoms with Crippen molar-refractivity contribution < 1.29 is 0 Å². The zero-order chi connectivity index (χ0) is 6.57. The first-order chi connectivity index (χ1) is 3.66. The third-order valence-corrected chi connectivity index (χ3v) is 1.79. The fourth-order valence-electron chi connectivity index (χ4n) is 0.442. The Kier molecular flexibility index (Phi) is 3.81. The molecule has 0 amide bonds. The van der Waals surface area contributed by atoms with Gasteiger partial charge >= 0.3 is 0 Å². The molecule has 0 aliphatic carbocycles. The van der Waals surface area contributed by atoms with Crippen molar-refractivity contribution in [3.05, 3.63) is 23.5 Å². The summed E-state index contributed by atoms with van der Waals surface area (Å²) in [4.78, 5) is 0. The quantitative estimate of drug-likeness (QED) is 0.396. The molecule has 46 valence electrons. The molecule has 0 aromatic heterocycles. The van der Waals surface area contributed by atoms with Gasteiger partial charge in [0.25, 0.3) is 0 Å². The number of allylic oxidation sites excluding steroid dienone is 3. The first-order valence-electron chi connectivity index (χ1n) is 2.68. The van der Waals surface area contributed by atoms with Gasteiger partial charge in [0.15, 0.2) is 0 Å². The predicted molar refractivity (Wildman–Crippen MR) is 42.8 cm³/mol. The summed E-state index contributed by atoms with van der Waals surface area (Å²) < 4.78 is 0. The van der Waals surface area contributed by atoms with Gasteiger partial charge in [-0.1, -0.05) is 32.1 Å². The maximum atomic E-state index is 3.77. The summed E-state index contributed by atoms with van der Waals surface area (Å²) >= 11 is 0. The van der Waals surface area contributed by atoms with Crippen molar-refractivity contribution in [2.75, 3.05) is 6.66 Å². The van der Waals surface area contributed by atoms with E-state index in [1.807, 2.05) is 6.92 Å². The van der Waals surface area contributed by atoms with Crippen LogP contribution in [0.15, 0.2) is 23.5 Å². The van der Waals surface area contributed by atoms with Crippen LogP contribution in [0.3, 0.4) is 0 Å². The Morgan fingerprint density at radius 1 is 1.50 bits per heavy atom. The highest BCUT2D eigenvalue weighted by Crippen LogP contribution is 2.18. The summed E-state index contributed by atoms with van der Waals surface area (Å²) in [6.07, 6.45) is 2.12. The van der Waals surface area contributed by atoms with Crippen molar-refractivity contribution in [1.82, 2.24) is 0 Å². The zero-order valence-electron chi connectivity index (χ0n) is 5.78. The molecule has 0 aliphatic heterocycles. The molecule has 0 N–H and O–H groups in total. The van der Waals surface area contributed by atoms with Crippen LogP contribution in [-0.2, 0) is 0 Å². The maximum absolute atomic E-state index is 3.77. The molecule has 0 aliphatic rings. The van der Waals surface area contributed by atoms with Crippen molar-refractivity contribution in [2.24, 2.45) is 0 Å². The van der Waals surface area contributed by atoms with Crippen LogP contribution in [0.4, 0.5) is 0 Å². The molecule has 0 rings (SSSR count). The lowest BCUT2D eigenvalue weighted by Crippen LogP contribution is -1.64. The molecule has 0 fully saturated rings. The summed E-state index contributed by atoms with van der Waals surface area (Å²) in [5.74, 6) is 0. The lowest BCUT2D eigenvalue weighted by Gasteiger charge is -1.91. The molecule has 0 nitrogen and oxygen atoms in total. The maximum Gasteiger partial charge on any atom is -0.0396 e. The van der Waals surface area contributed by atoms with Crippen LogP contribution < -0.4 is 0 Å². The minimum Gasteiger partial charge on any atom is -0.0984 e. The van der Waals surface area contributed by atoms with Gasteiger partial charge in [0.1, 0.15) is 0 Å². The van der Waals surface area contributed by atoms with Gasteiger partial charge in [0.2, 0.25) is 0 Å². The average molecular weight is 128 g/mol. The van der Waals surface area contributed by atoms with Crippen molar-refractivity contribution in [2.45, 2.75) is 13.8 Å². The lowest BCUT2D eigenvalue weighted by molar-refractivity contribution is 1.51. The molecular formula is C7H13P. The van der Waals surface area contributed by atoms with Crippen LogP contribution in [0.2, 0.25) is 0 Å². The molecule has 1 unspecified atom stereocenters. The fraction of sp³-hybridized carbons (Fsp3) is 0.429. The Morgan fingerprint density at radius 3 is 2.12 bits per heavy atom. The minimum atomic E-state index is 0.925. The molecule has 1 atom stereocenters. The van der Waals surface area contributed by atoms with Crippen LogP contribution in [0.25, 0.3) is 0 Å². The van der Waals surface area contributed by atoms with Gasteiger partial charge in [-0.3, -0.25) is 0 Å². The summed E-state index contributed by atoms with van der Waals surface area (Å²) in [5.41, 5.74) is 1.15. The van der Waals surface area contributed by atoms with E-state index in [0.29, 0.717) is 0 Å². The highest BCUT2D eigenvalue weighted by Gasteiger charge is 1.80. The summed E-state index contributed by atoms with van der Waals surface area (Å²) in [6.45, 7) is 10.1. The minimum absolute atomic E-state index is 0.925. The molecule has 0 aromatic rings. The summed E-state index contributed by atoms with van der Waals surface area (Å²) in [6, 6.07) is 0. The second-order valence-electron chi connectivity index (χ2n) is 1.92. The van der Waals surface area contributed by atoms with E-state index in [-0.39, 0.29) is 0 Å². The van der Waals surface area contributed by atoms with Crippen molar-refractivity contribution in [1.29, 1.82) is 0 Å². The van der Waals surface area contributed by atoms with Crippen LogP contribution in [0.5, 0.6) is 0 Å². The SMILES string of the molecule is C=C(C)/C=C(/C)PC. The average Bonchev–Trinajstić information content (AvgIpc) is 1.65. The van der Waals surface area contributed by atoms with E-state index in [1.54, 1.807) is 0 Å². The predicted octanol–water partition coefficient (Wildman–Crippen LogP) is 2.77. The van der Waals surface area contributed by atoms with E-state index in [9.17, 15) is 0 Å². The van der Waals surface area contributed by atoms with Crippen LogP contribution >= 0.6 is 8.58 Å². The third-order valence-electron chi connectivity index (χ3n) is 0.857. The molecule has 0 bridgehead atoms. The molecule has 1 heteroatoms. The van der Waals surface area contributed by atoms with Crippen LogP contribution in [0, 0.1) is 0 Å². The van der Waals surface area contributed by atoms with Crippen molar-refractivity contribution in [3.8, 4) is 0 Å². The Balaban J connectivity index is 3.75. The van der Waals surface area contributed by atoms with Gasteiger partial charge in [-0.05, 0) is 20.5 Å². The van der Waals surface area contributed by atoms with E-state index in [2.05, 4.69) is 26.2 Å². The smallest absolute Gasteiger partial charge is 0.0396 e. The fourth-order valence-corrected chi connectivity index (χ4v) is 0.833. The molecule has 8 heavy (non-hydrogen) atoms. The van der Waals surface area contributed by atoms with Crippen LogP contribution in [0.1, 0.15) is 13.8 Å². The standard InChI is InChI=1S/C7H13P/c1-6(2)5-7(3)8-4/h5,8H,1H2,2-4H3/b7-5-. The van der Waals surface area contributed by atoms with Gasteiger partial charge in [0.05, 0.1) is 0 Å². The van der Waals surface area contributed by atoms with Gasteiger partial charge in [0, 0.05) is 0 Å². The molecular weight excluding hydrogens is 115 g/mol. The van der Waals surface area contributed by atoms with E-state index in [4.69, 9.17) is 0 Å². The Hall–Kier alpha value is -0.0900. The largest absolute Gasteiger partial charge is 0.0984 e. The highest BCUT2D eigenvalue weighted by atomic mass is 31.1. The van der Waals surface area contributed by atoms with Crippen molar-refractivity contribution >= 4 is 8.58 Å².